The van der Waals surface area contributed by atoms with Gasteiger partial charge in [0.2, 0.25) is 0 Å². The summed E-state index contributed by atoms with van der Waals surface area (Å²) in [5, 5.41) is 3.53. The maximum absolute atomic E-state index is 3.59. The smallest absolute Gasteiger partial charge is 0.0496 e. The first-order chi connectivity index (χ1) is 8.70. The maximum atomic E-state index is 3.59. The molecule has 0 fully saturated rings. The van der Waals surface area contributed by atoms with Crippen molar-refractivity contribution in [1.82, 2.24) is 0 Å². The quantitative estimate of drug-likeness (QED) is 0.762. The molecular formula is C15H16BrNS. The predicted octanol–water partition coefficient (Wildman–Crippen LogP) is 5.34. The van der Waals surface area contributed by atoms with Gasteiger partial charge in [-0.25, -0.2) is 0 Å². The zero-order valence-electron chi connectivity index (χ0n) is 10.5. The Balaban J connectivity index is 2.16. The van der Waals surface area contributed by atoms with Gasteiger partial charge < -0.3 is 5.32 Å². The summed E-state index contributed by atoms with van der Waals surface area (Å²) in [7, 11) is 0. The van der Waals surface area contributed by atoms with Crippen LogP contribution in [0.5, 0.6) is 0 Å². The molecule has 0 saturated carbocycles. The third-order valence-corrected chi connectivity index (χ3v) is 4.27. The standard InChI is InChI=1S/C15H16BrNS/c1-11(14-8-3-4-9-15(14)16)17-12-6-5-7-13(10-12)18-2/h3-11,17H,1-2H3. The fourth-order valence-electron chi connectivity index (χ4n) is 1.87. The molecule has 0 aliphatic heterocycles. The van der Waals surface area contributed by atoms with Crippen molar-refractivity contribution < 1.29 is 0 Å². The number of anilines is 1. The van der Waals surface area contributed by atoms with Crippen LogP contribution in [0.25, 0.3) is 0 Å². The molecule has 0 bridgehead atoms. The molecule has 1 atom stereocenters. The molecule has 18 heavy (non-hydrogen) atoms. The molecule has 2 rings (SSSR count). The molecule has 0 saturated heterocycles. The minimum absolute atomic E-state index is 0.276. The van der Waals surface area contributed by atoms with Crippen LogP contribution in [-0.4, -0.2) is 6.26 Å². The lowest BCUT2D eigenvalue weighted by atomic mass is 10.1. The van der Waals surface area contributed by atoms with Crippen LogP contribution in [0.2, 0.25) is 0 Å². The van der Waals surface area contributed by atoms with Gasteiger partial charge in [-0.15, -0.1) is 11.8 Å². The molecule has 1 N–H and O–H groups in total. The van der Waals surface area contributed by atoms with Gasteiger partial charge in [0.05, 0.1) is 0 Å². The van der Waals surface area contributed by atoms with Gasteiger partial charge in [0.25, 0.3) is 0 Å². The van der Waals surface area contributed by atoms with E-state index in [9.17, 15) is 0 Å². The Morgan fingerprint density at radius 2 is 1.89 bits per heavy atom. The van der Waals surface area contributed by atoms with E-state index in [1.54, 1.807) is 11.8 Å². The lowest BCUT2D eigenvalue weighted by Gasteiger charge is -2.17. The Hall–Kier alpha value is -0.930. The highest BCUT2D eigenvalue weighted by Crippen LogP contribution is 2.27. The average Bonchev–Trinajstić information content (AvgIpc) is 2.39. The van der Waals surface area contributed by atoms with E-state index in [-0.39, 0.29) is 6.04 Å². The highest BCUT2D eigenvalue weighted by molar-refractivity contribution is 9.10. The molecule has 3 heteroatoms. The number of hydrogen-bond acceptors (Lipinski definition) is 2. The minimum atomic E-state index is 0.276. The van der Waals surface area contributed by atoms with E-state index >= 15 is 0 Å². The first kappa shape index (κ1) is 13.5. The van der Waals surface area contributed by atoms with E-state index in [1.165, 1.54) is 10.5 Å². The number of hydrogen-bond donors (Lipinski definition) is 1. The van der Waals surface area contributed by atoms with Crippen LogP contribution in [0.1, 0.15) is 18.5 Å². The van der Waals surface area contributed by atoms with Gasteiger partial charge in [-0.2, -0.15) is 0 Å². The third kappa shape index (κ3) is 3.30. The van der Waals surface area contributed by atoms with Crippen LogP contribution in [0.4, 0.5) is 5.69 Å². The lowest BCUT2D eigenvalue weighted by Crippen LogP contribution is -2.07. The molecular weight excluding hydrogens is 306 g/mol. The maximum Gasteiger partial charge on any atom is 0.0496 e. The zero-order chi connectivity index (χ0) is 13.0. The summed E-state index contributed by atoms with van der Waals surface area (Å²) in [5.74, 6) is 0. The lowest BCUT2D eigenvalue weighted by molar-refractivity contribution is 0.878. The number of rotatable bonds is 4. The molecule has 0 amide bonds. The molecule has 0 aromatic heterocycles. The first-order valence-corrected chi connectivity index (χ1v) is 7.87. The number of halogens is 1. The van der Waals surface area contributed by atoms with Gasteiger partial charge in [-0.05, 0) is 43.0 Å². The van der Waals surface area contributed by atoms with Gasteiger partial charge in [0.15, 0.2) is 0 Å². The van der Waals surface area contributed by atoms with Crippen LogP contribution < -0.4 is 5.32 Å². The number of thioether (sulfide) groups is 1. The van der Waals surface area contributed by atoms with Crippen LogP contribution in [0.3, 0.4) is 0 Å². The third-order valence-electron chi connectivity index (χ3n) is 2.82. The van der Waals surface area contributed by atoms with Crippen molar-refractivity contribution in [3.8, 4) is 0 Å². The summed E-state index contributed by atoms with van der Waals surface area (Å²) >= 11 is 5.35. The summed E-state index contributed by atoms with van der Waals surface area (Å²) < 4.78 is 1.14. The summed E-state index contributed by atoms with van der Waals surface area (Å²) in [6.45, 7) is 2.17. The summed E-state index contributed by atoms with van der Waals surface area (Å²) in [6, 6.07) is 17.1. The molecule has 1 nitrogen and oxygen atoms in total. The Bertz CT molecular complexity index is 527. The Morgan fingerprint density at radius 3 is 2.61 bits per heavy atom. The molecule has 2 aromatic carbocycles. The number of benzene rings is 2. The van der Waals surface area contributed by atoms with E-state index in [1.807, 2.05) is 6.07 Å². The number of nitrogens with one attached hydrogen (secondary N) is 1. The topological polar surface area (TPSA) is 12.0 Å². The molecule has 2 aromatic rings. The van der Waals surface area contributed by atoms with E-state index in [2.05, 4.69) is 76.9 Å². The van der Waals surface area contributed by atoms with Crippen LogP contribution >= 0.6 is 27.7 Å². The fourth-order valence-corrected chi connectivity index (χ4v) is 2.95. The molecule has 0 radical (unpaired) electrons. The van der Waals surface area contributed by atoms with Crippen molar-refractivity contribution in [2.24, 2.45) is 0 Å². The second kappa shape index (κ2) is 6.30. The van der Waals surface area contributed by atoms with Crippen LogP contribution in [0, 0.1) is 0 Å². The molecule has 0 heterocycles. The van der Waals surface area contributed by atoms with Gasteiger partial charge in [0.1, 0.15) is 0 Å². The van der Waals surface area contributed by atoms with Crippen molar-refractivity contribution in [2.75, 3.05) is 11.6 Å². The van der Waals surface area contributed by atoms with Crippen LogP contribution in [0.15, 0.2) is 57.9 Å². The van der Waals surface area contributed by atoms with E-state index < -0.39 is 0 Å². The summed E-state index contributed by atoms with van der Waals surface area (Å²) in [5.41, 5.74) is 2.43. The van der Waals surface area contributed by atoms with Crippen molar-refractivity contribution >= 4 is 33.4 Å². The Labute approximate surface area is 121 Å². The van der Waals surface area contributed by atoms with E-state index in [0.717, 1.165) is 10.2 Å². The molecule has 0 aliphatic rings. The molecule has 1 unspecified atom stereocenters. The monoisotopic (exact) mass is 321 g/mol. The van der Waals surface area contributed by atoms with Crippen LogP contribution in [-0.2, 0) is 0 Å². The highest BCUT2D eigenvalue weighted by atomic mass is 79.9. The zero-order valence-corrected chi connectivity index (χ0v) is 12.9. The van der Waals surface area contributed by atoms with Crippen molar-refractivity contribution in [3.63, 3.8) is 0 Å². The second-order valence-electron chi connectivity index (χ2n) is 4.12. The molecule has 0 spiro atoms. The summed E-state index contributed by atoms with van der Waals surface area (Å²) in [6.07, 6.45) is 2.09. The van der Waals surface area contributed by atoms with Crippen molar-refractivity contribution in [3.05, 3.63) is 58.6 Å². The fraction of sp³-hybridized carbons (Fsp3) is 0.200. The minimum Gasteiger partial charge on any atom is -0.378 e. The molecule has 94 valence electrons. The Kier molecular flexibility index (Phi) is 4.72. The van der Waals surface area contributed by atoms with Crippen molar-refractivity contribution in [2.45, 2.75) is 17.9 Å². The Morgan fingerprint density at radius 1 is 1.11 bits per heavy atom. The first-order valence-electron chi connectivity index (χ1n) is 5.85. The van der Waals surface area contributed by atoms with Crippen molar-refractivity contribution in [1.29, 1.82) is 0 Å². The second-order valence-corrected chi connectivity index (χ2v) is 5.85. The van der Waals surface area contributed by atoms with E-state index in [0.29, 0.717) is 0 Å². The normalized spacial score (nSPS) is 12.2. The van der Waals surface area contributed by atoms with E-state index in [4.69, 9.17) is 0 Å². The van der Waals surface area contributed by atoms with Gasteiger partial charge in [0, 0.05) is 21.1 Å². The SMILES string of the molecule is CSc1cccc(NC(C)c2ccccc2Br)c1. The highest BCUT2D eigenvalue weighted by Gasteiger charge is 2.08. The largest absolute Gasteiger partial charge is 0.378 e. The van der Waals surface area contributed by atoms with Gasteiger partial charge >= 0.3 is 0 Å². The molecule has 0 aliphatic carbocycles. The predicted molar refractivity (Wildman–Crippen MR) is 84.4 cm³/mol. The van der Waals surface area contributed by atoms with Gasteiger partial charge in [-0.1, -0.05) is 40.2 Å². The average molecular weight is 322 g/mol. The summed E-state index contributed by atoms with van der Waals surface area (Å²) in [4.78, 5) is 1.28. The van der Waals surface area contributed by atoms with Gasteiger partial charge in [-0.3, -0.25) is 0 Å².